The van der Waals surface area contributed by atoms with Crippen LogP contribution in [0.15, 0.2) is 42.7 Å². The van der Waals surface area contributed by atoms with E-state index in [2.05, 4.69) is 20.2 Å². The van der Waals surface area contributed by atoms with Gasteiger partial charge in [0, 0.05) is 55.7 Å². The van der Waals surface area contributed by atoms with E-state index in [0.29, 0.717) is 41.7 Å². The van der Waals surface area contributed by atoms with Gasteiger partial charge in [0.05, 0.1) is 0 Å². The number of carbonyl (C=O) groups is 2. The minimum atomic E-state index is 0.0813. The number of piperidine rings is 3. The van der Waals surface area contributed by atoms with Gasteiger partial charge in [-0.1, -0.05) is 0 Å². The van der Waals surface area contributed by atoms with Gasteiger partial charge in [-0.05, 0) is 61.4 Å². The van der Waals surface area contributed by atoms with E-state index >= 15 is 0 Å². The molecule has 7 heteroatoms. The Kier molecular flexibility index (Phi) is 4.66. The highest BCUT2D eigenvalue weighted by molar-refractivity contribution is 5.94. The normalized spacial score (nSPS) is 26.1. The van der Waals surface area contributed by atoms with Crippen LogP contribution in [0.4, 0.5) is 11.6 Å². The summed E-state index contributed by atoms with van der Waals surface area (Å²) >= 11 is 0. The minimum absolute atomic E-state index is 0.0813. The van der Waals surface area contributed by atoms with Gasteiger partial charge in [-0.15, -0.1) is 0 Å². The van der Waals surface area contributed by atoms with E-state index in [0.717, 1.165) is 44.6 Å². The Morgan fingerprint density at radius 2 is 1.86 bits per heavy atom. The lowest BCUT2D eigenvalue weighted by Gasteiger charge is -2.52. The van der Waals surface area contributed by atoms with Crippen molar-refractivity contribution in [3.8, 4) is 0 Å². The molecule has 0 aliphatic carbocycles. The predicted octanol–water partition coefficient (Wildman–Crippen LogP) is 2.69. The molecular weight excluding hydrogens is 366 g/mol. The maximum atomic E-state index is 13.1. The fourth-order valence-electron chi connectivity index (χ4n) is 5.15. The third-order valence-electron chi connectivity index (χ3n) is 6.42. The summed E-state index contributed by atoms with van der Waals surface area (Å²) in [6, 6.07) is 9.57. The van der Waals surface area contributed by atoms with Gasteiger partial charge in [0.15, 0.2) is 0 Å². The van der Waals surface area contributed by atoms with Gasteiger partial charge in [0.1, 0.15) is 0 Å². The second-order valence-corrected chi connectivity index (χ2v) is 8.35. The SMILES string of the molecule is O=C(c1ccc(Nc2ncccn2)cc1)N1CC2CC(C1)C1CCCC(=O)N1C2. The van der Waals surface area contributed by atoms with Crippen LogP contribution in [0.1, 0.15) is 36.0 Å². The van der Waals surface area contributed by atoms with Gasteiger partial charge < -0.3 is 15.1 Å². The second kappa shape index (κ2) is 7.46. The molecular formula is C22H25N5O2. The maximum absolute atomic E-state index is 13.1. The summed E-state index contributed by atoms with van der Waals surface area (Å²) in [5, 5.41) is 3.13. The van der Waals surface area contributed by atoms with E-state index in [9.17, 15) is 9.59 Å². The van der Waals surface area contributed by atoms with Gasteiger partial charge in [-0.3, -0.25) is 9.59 Å². The lowest BCUT2D eigenvalue weighted by molar-refractivity contribution is -0.144. The Labute approximate surface area is 170 Å². The highest BCUT2D eigenvalue weighted by Gasteiger charge is 2.44. The van der Waals surface area contributed by atoms with Crippen molar-refractivity contribution >= 4 is 23.5 Å². The molecule has 3 atom stereocenters. The van der Waals surface area contributed by atoms with Crippen molar-refractivity contribution in [3.05, 3.63) is 48.3 Å². The minimum Gasteiger partial charge on any atom is -0.339 e. The van der Waals surface area contributed by atoms with Crippen LogP contribution >= 0.6 is 0 Å². The highest BCUT2D eigenvalue weighted by atomic mass is 16.2. The zero-order valence-corrected chi connectivity index (χ0v) is 16.3. The number of likely N-dealkylation sites (tertiary alicyclic amines) is 1. The predicted molar refractivity (Wildman–Crippen MR) is 109 cm³/mol. The number of nitrogens with zero attached hydrogens (tertiary/aromatic N) is 4. The van der Waals surface area contributed by atoms with Crippen LogP contribution in [0.5, 0.6) is 0 Å². The van der Waals surface area contributed by atoms with E-state index in [-0.39, 0.29) is 5.91 Å². The molecule has 1 aromatic carbocycles. The molecule has 2 bridgehead atoms. The largest absolute Gasteiger partial charge is 0.339 e. The summed E-state index contributed by atoms with van der Waals surface area (Å²) in [6.45, 7) is 2.30. The molecule has 2 aromatic rings. The Bertz CT molecular complexity index is 901. The number of anilines is 2. The number of rotatable bonds is 3. The van der Waals surface area contributed by atoms with Crippen molar-refractivity contribution in [1.29, 1.82) is 0 Å². The molecule has 29 heavy (non-hydrogen) atoms. The zero-order chi connectivity index (χ0) is 19.8. The molecule has 3 aliphatic rings. The van der Waals surface area contributed by atoms with Crippen LogP contribution in [0.25, 0.3) is 0 Å². The summed E-state index contributed by atoms with van der Waals surface area (Å²) in [6.07, 6.45) is 7.25. The monoisotopic (exact) mass is 391 g/mol. The molecule has 3 fully saturated rings. The second-order valence-electron chi connectivity index (χ2n) is 8.35. The summed E-state index contributed by atoms with van der Waals surface area (Å²) in [5.41, 5.74) is 1.54. The molecule has 5 rings (SSSR count). The van der Waals surface area contributed by atoms with Gasteiger partial charge in [0.2, 0.25) is 11.9 Å². The fraction of sp³-hybridized carbons (Fsp3) is 0.455. The van der Waals surface area contributed by atoms with Crippen molar-refractivity contribution in [3.63, 3.8) is 0 Å². The van der Waals surface area contributed by atoms with E-state index < -0.39 is 0 Å². The molecule has 2 amide bonds. The average Bonchev–Trinajstić information content (AvgIpc) is 2.75. The quantitative estimate of drug-likeness (QED) is 0.870. The molecule has 0 saturated carbocycles. The Morgan fingerprint density at radius 3 is 2.66 bits per heavy atom. The van der Waals surface area contributed by atoms with E-state index in [1.807, 2.05) is 29.2 Å². The first-order valence-electron chi connectivity index (χ1n) is 10.4. The summed E-state index contributed by atoms with van der Waals surface area (Å²) in [7, 11) is 0. The summed E-state index contributed by atoms with van der Waals surface area (Å²) in [4.78, 5) is 37.8. The average molecular weight is 391 g/mol. The number of amides is 2. The lowest BCUT2D eigenvalue weighted by atomic mass is 9.76. The number of hydrogen-bond donors (Lipinski definition) is 1. The third-order valence-corrected chi connectivity index (χ3v) is 6.42. The molecule has 3 aliphatic heterocycles. The molecule has 1 aromatic heterocycles. The molecule has 0 radical (unpaired) electrons. The number of fused-ring (bicyclic) bond motifs is 4. The Morgan fingerprint density at radius 1 is 1.07 bits per heavy atom. The number of aromatic nitrogens is 2. The maximum Gasteiger partial charge on any atom is 0.253 e. The molecule has 3 unspecified atom stereocenters. The van der Waals surface area contributed by atoms with Gasteiger partial charge in [0.25, 0.3) is 5.91 Å². The van der Waals surface area contributed by atoms with Crippen molar-refractivity contribution < 1.29 is 9.59 Å². The Hall–Kier alpha value is -2.96. The van der Waals surface area contributed by atoms with Crippen LogP contribution < -0.4 is 5.32 Å². The number of carbonyl (C=O) groups excluding carboxylic acids is 2. The smallest absolute Gasteiger partial charge is 0.253 e. The third kappa shape index (κ3) is 3.57. The number of hydrogen-bond acceptors (Lipinski definition) is 5. The topological polar surface area (TPSA) is 78.4 Å². The first-order chi connectivity index (χ1) is 14.2. The van der Waals surface area contributed by atoms with E-state index in [4.69, 9.17) is 0 Å². The van der Waals surface area contributed by atoms with Crippen molar-refractivity contribution in [2.75, 3.05) is 25.0 Å². The zero-order valence-electron chi connectivity index (χ0n) is 16.3. The van der Waals surface area contributed by atoms with Crippen LogP contribution in [0, 0.1) is 11.8 Å². The van der Waals surface area contributed by atoms with Crippen LogP contribution in [-0.4, -0.2) is 57.3 Å². The van der Waals surface area contributed by atoms with E-state index in [1.54, 1.807) is 18.5 Å². The standard InChI is InChI=1S/C22H25N5O2/c28-20-4-1-3-19-17-11-15(13-27(19)20)12-26(14-17)21(29)16-5-7-18(8-6-16)25-22-23-9-2-10-24-22/h2,5-10,15,17,19H,1,3-4,11-14H2,(H,23,24,25). The molecule has 1 N–H and O–H groups in total. The first-order valence-corrected chi connectivity index (χ1v) is 10.4. The van der Waals surface area contributed by atoms with Gasteiger partial charge in [-0.25, -0.2) is 9.97 Å². The van der Waals surface area contributed by atoms with E-state index in [1.165, 1.54) is 0 Å². The molecule has 150 valence electrons. The van der Waals surface area contributed by atoms with Crippen LogP contribution in [-0.2, 0) is 4.79 Å². The first kappa shape index (κ1) is 18.1. The van der Waals surface area contributed by atoms with Crippen molar-refractivity contribution in [1.82, 2.24) is 19.8 Å². The van der Waals surface area contributed by atoms with Crippen molar-refractivity contribution in [2.24, 2.45) is 11.8 Å². The highest BCUT2D eigenvalue weighted by Crippen LogP contribution is 2.38. The molecule has 3 saturated heterocycles. The fourth-order valence-corrected chi connectivity index (χ4v) is 5.15. The summed E-state index contributed by atoms with van der Waals surface area (Å²) in [5.74, 6) is 1.72. The number of nitrogens with one attached hydrogen (secondary N) is 1. The number of benzene rings is 1. The van der Waals surface area contributed by atoms with Gasteiger partial charge in [-0.2, -0.15) is 0 Å². The van der Waals surface area contributed by atoms with Crippen LogP contribution in [0.3, 0.4) is 0 Å². The Balaban J connectivity index is 1.27. The molecule has 7 nitrogen and oxygen atoms in total. The molecule has 4 heterocycles. The molecule has 0 spiro atoms. The van der Waals surface area contributed by atoms with Crippen molar-refractivity contribution in [2.45, 2.75) is 31.7 Å². The van der Waals surface area contributed by atoms with Crippen LogP contribution in [0.2, 0.25) is 0 Å². The lowest BCUT2D eigenvalue weighted by Crippen LogP contribution is -2.61. The van der Waals surface area contributed by atoms with Gasteiger partial charge >= 0.3 is 0 Å². The summed E-state index contributed by atoms with van der Waals surface area (Å²) < 4.78 is 0.